The number of hydrogen-bond acceptors (Lipinski definition) is 3. The van der Waals surface area contributed by atoms with Crippen LogP contribution >= 0.6 is 0 Å². The fraction of sp³-hybridized carbons (Fsp3) is 0.176. The number of nitrogens with one attached hydrogen (secondary N) is 1. The summed E-state index contributed by atoms with van der Waals surface area (Å²) >= 11 is 0. The Morgan fingerprint density at radius 2 is 2.04 bits per heavy atom. The van der Waals surface area contributed by atoms with Crippen molar-refractivity contribution in [3.63, 3.8) is 0 Å². The van der Waals surface area contributed by atoms with Crippen LogP contribution in [-0.4, -0.2) is 25.1 Å². The number of nitriles is 1. The quantitative estimate of drug-likeness (QED) is 0.932. The highest BCUT2D eigenvalue weighted by Gasteiger charge is 2.13. The maximum Gasteiger partial charge on any atom is 0.321 e. The number of anilines is 1. The number of methoxy groups -OCH3 is 1. The molecule has 0 saturated carbocycles. The molecule has 0 unspecified atom stereocenters. The van der Waals surface area contributed by atoms with Crippen molar-refractivity contribution in [2.24, 2.45) is 0 Å². The maximum atomic E-state index is 13.7. The zero-order chi connectivity index (χ0) is 17.7. The van der Waals surface area contributed by atoms with E-state index < -0.39 is 17.7 Å². The van der Waals surface area contributed by atoms with E-state index in [-0.39, 0.29) is 23.5 Å². The largest absolute Gasteiger partial charge is 0.494 e. The first-order valence-electron chi connectivity index (χ1n) is 6.98. The van der Waals surface area contributed by atoms with Gasteiger partial charge in [0.2, 0.25) is 0 Å². The fourth-order valence-corrected chi connectivity index (χ4v) is 2.08. The van der Waals surface area contributed by atoms with Gasteiger partial charge in [-0.1, -0.05) is 6.07 Å². The van der Waals surface area contributed by atoms with Gasteiger partial charge in [0.25, 0.3) is 0 Å². The molecule has 0 aliphatic heterocycles. The average molecular weight is 331 g/mol. The molecular weight excluding hydrogens is 316 g/mol. The van der Waals surface area contributed by atoms with E-state index in [0.717, 1.165) is 12.1 Å². The Kier molecular flexibility index (Phi) is 5.32. The number of carbonyl (C=O) groups is 1. The summed E-state index contributed by atoms with van der Waals surface area (Å²) < 4.78 is 31.6. The monoisotopic (exact) mass is 331 g/mol. The molecule has 0 bridgehead atoms. The van der Waals surface area contributed by atoms with Gasteiger partial charge in [0.05, 0.1) is 18.4 Å². The van der Waals surface area contributed by atoms with E-state index in [1.54, 1.807) is 6.07 Å². The molecule has 0 heterocycles. The van der Waals surface area contributed by atoms with Gasteiger partial charge in [-0.2, -0.15) is 5.26 Å². The van der Waals surface area contributed by atoms with Crippen molar-refractivity contribution >= 4 is 11.7 Å². The predicted molar refractivity (Wildman–Crippen MR) is 84.6 cm³/mol. The molecule has 2 rings (SSSR count). The van der Waals surface area contributed by atoms with Gasteiger partial charge < -0.3 is 15.0 Å². The van der Waals surface area contributed by atoms with Crippen molar-refractivity contribution in [3.8, 4) is 11.8 Å². The zero-order valence-corrected chi connectivity index (χ0v) is 13.1. The minimum Gasteiger partial charge on any atom is -0.494 e. The third-order valence-electron chi connectivity index (χ3n) is 3.33. The van der Waals surface area contributed by atoms with Crippen LogP contribution < -0.4 is 10.1 Å². The van der Waals surface area contributed by atoms with Crippen LogP contribution in [0.1, 0.15) is 11.1 Å². The van der Waals surface area contributed by atoms with Gasteiger partial charge >= 0.3 is 6.03 Å². The normalized spacial score (nSPS) is 9.96. The summed E-state index contributed by atoms with van der Waals surface area (Å²) in [6.07, 6.45) is 0. The standard InChI is InChI=1S/C17H15F2N3O2/c1-22(10-11-3-6-16(24-2)14(19)7-11)17(23)21-15-5-4-13(18)8-12(15)9-20/h3-8H,10H2,1-2H3,(H,21,23). The lowest BCUT2D eigenvalue weighted by Crippen LogP contribution is -2.31. The van der Waals surface area contributed by atoms with Gasteiger partial charge in [0, 0.05) is 13.6 Å². The van der Waals surface area contributed by atoms with Gasteiger partial charge in [-0.25, -0.2) is 13.6 Å². The zero-order valence-electron chi connectivity index (χ0n) is 13.1. The molecule has 0 spiro atoms. The number of benzene rings is 2. The number of hydrogen-bond donors (Lipinski definition) is 1. The molecule has 124 valence electrons. The molecular formula is C17H15F2N3O2. The van der Waals surface area contributed by atoms with Crippen LogP contribution in [0.25, 0.3) is 0 Å². The number of carbonyl (C=O) groups excluding carboxylic acids is 1. The highest BCUT2D eigenvalue weighted by atomic mass is 19.1. The van der Waals surface area contributed by atoms with E-state index in [2.05, 4.69) is 5.32 Å². The van der Waals surface area contributed by atoms with Crippen LogP contribution in [0.3, 0.4) is 0 Å². The first-order chi connectivity index (χ1) is 11.4. The molecule has 1 N–H and O–H groups in total. The van der Waals surface area contributed by atoms with E-state index in [1.165, 1.54) is 37.3 Å². The second-order valence-electron chi connectivity index (χ2n) is 5.06. The minimum atomic E-state index is -0.563. The summed E-state index contributed by atoms with van der Waals surface area (Å²) in [6, 6.07) is 9.20. The smallest absolute Gasteiger partial charge is 0.321 e. The van der Waals surface area contributed by atoms with E-state index in [1.807, 2.05) is 6.07 Å². The van der Waals surface area contributed by atoms with E-state index in [4.69, 9.17) is 10.00 Å². The van der Waals surface area contributed by atoms with E-state index >= 15 is 0 Å². The Balaban J connectivity index is 2.08. The Hall–Kier alpha value is -3.14. The van der Waals surface area contributed by atoms with Crippen LogP contribution in [-0.2, 0) is 6.54 Å². The summed E-state index contributed by atoms with van der Waals surface area (Å²) in [5.74, 6) is -0.962. The predicted octanol–water partition coefficient (Wildman–Crippen LogP) is 3.51. The van der Waals surface area contributed by atoms with Crippen molar-refractivity contribution in [1.82, 2.24) is 4.90 Å². The lowest BCUT2D eigenvalue weighted by atomic mass is 10.2. The first kappa shape index (κ1) is 17.2. The van der Waals surface area contributed by atoms with Gasteiger partial charge in [-0.3, -0.25) is 0 Å². The summed E-state index contributed by atoms with van der Waals surface area (Å²) in [5.41, 5.74) is 0.800. The number of amides is 2. The Morgan fingerprint density at radius 3 is 2.67 bits per heavy atom. The number of nitrogens with zero attached hydrogens (tertiary/aromatic N) is 2. The maximum absolute atomic E-state index is 13.7. The Bertz CT molecular complexity index is 803. The molecule has 0 aliphatic rings. The third kappa shape index (κ3) is 3.98. The second kappa shape index (κ2) is 7.42. The van der Waals surface area contributed by atoms with Crippen molar-refractivity contribution in [3.05, 3.63) is 59.2 Å². The molecule has 7 heteroatoms. The van der Waals surface area contributed by atoms with Crippen LogP contribution in [0.4, 0.5) is 19.3 Å². The Labute approximate surface area is 138 Å². The average Bonchev–Trinajstić information content (AvgIpc) is 2.56. The molecule has 2 aromatic carbocycles. The molecule has 0 aromatic heterocycles. The summed E-state index contributed by atoms with van der Waals surface area (Å²) in [5, 5.41) is 11.5. The third-order valence-corrected chi connectivity index (χ3v) is 3.33. The van der Waals surface area contributed by atoms with Crippen molar-refractivity contribution < 1.29 is 18.3 Å². The number of ether oxygens (including phenoxy) is 1. The molecule has 2 amide bonds. The van der Waals surface area contributed by atoms with Crippen molar-refractivity contribution in [2.45, 2.75) is 6.54 Å². The molecule has 24 heavy (non-hydrogen) atoms. The van der Waals surface area contributed by atoms with Crippen LogP contribution in [0.2, 0.25) is 0 Å². The summed E-state index contributed by atoms with van der Waals surface area (Å²) in [7, 11) is 2.89. The number of halogens is 2. The minimum absolute atomic E-state index is 0.0206. The van der Waals surface area contributed by atoms with Crippen molar-refractivity contribution in [2.75, 3.05) is 19.5 Å². The highest BCUT2D eigenvalue weighted by molar-refractivity contribution is 5.90. The molecule has 0 aliphatic carbocycles. The fourth-order valence-electron chi connectivity index (χ4n) is 2.08. The molecule has 2 aromatic rings. The van der Waals surface area contributed by atoms with Crippen LogP contribution in [0, 0.1) is 23.0 Å². The van der Waals surface area contributed by atoms with Gasteiger partial charge in [-0.15, -0.1) is 0 Å². The van der Waals surface area contributed by atoms with Gasteiger partial charge in [0.1, 0.15) is 11.9 Å². The number of rotatable bonds is 4. The lowest BCUT2D eigenvalue weighted by Gasteiger charge is -2.19. The SMILES string of the molecule is COc1ccc(CN(C)C(=O)Nc2ccc(F)cc2C#N)cc1F. The molecule has 0 atom stereocenters. The lowest BCUT2D eigenvalue weighted by molar-refractivity contribution is 0.220. The molecule has 0 fully saturated rings. The topological polar surface area (TPSA) is 65.4 Å². The second-order valence-corrected chi connectivity index (χ2v) is 5.06. The van der Waals surface area contributed by atoms with E-state index in [0.29, 0.717) is 5.56 Å². The van der Waals surface area contributed by atoms with Crippen LogP contribution in [0.15, 0.2) is 36.4 Å². The molecule has 0 radical (unpaired) electrons. The molecule has 5 nitrogen and oxygen atoms in total. The highest BCUT2D eigenvalue weighted by Crippen LogP contribution is 2.19. The summed E-state index contributed by atoms with van der Waals surface area (Å²) in [4.78, 5) is 13.5. The Morgan fingerprint density at radius 1 is 1.29 bits per heavy atom. The van der Waals surface area contributed by atoms with Crippen LogP contribution in [0.5, 0.6) is 5.75 Å². The summed E-state index contributed by atoms with van der Waals surface area (Å²) in [6.45, 7) is 0.149. The van der Waals surface area contributed by atoms with Gasteiger partial charge in [0.15, 0.2) is 11.6 Å². The first-order valence-corrected chi connectivity index (χ1v) is 6.98. The molecule has 0 saturated heterocycles. The van der Waals surface area contributed by atoms with Crippen molar-refractivity contribution in [1.29, 1.82) is 5.26 Å². The van der Waals surface area contributed by atoms with Gasteiger partial charge in [-0.05, 0) is 35.9 Å². The van der Waals surface area contributed by atoms with E-state index in [9.17, 15) is 13.6 Å². The number of urea groups is 1.